The summed E-state index contributed by atoms with van der Waals surface area (Å²) in [4.78, 5) is 10.9. The number of aliphatic imine (C=N–C) groups is 1. The van der Waals surface area contributed by atoms with Crippen LogP contribution in [0, 0.1) is 5.82 Å². The van der Waals surface area contributed by atoms with E-state index in [1.54, 1.807) is 25.4 Å². The molecule has 1 aromatic heterocycles. The SMILES string of the molecule is CN=C(NCC1(c2ccccc2F)CC1)NC1CCN(c2ncccc2Cl)C1. The Morgan fingerprint density at radius 1 is 1.32 bits per heavy atom. The average molecular weight is 402 g/mol. The lowest BCUT2D eigenvalue weighted by molar-refractivity contribution is 0.556. The Hall–Kier alpha value is -2.34. The van der Waals surface area contributed by atoms with Crippen LogP contribution in [0.5, 0.6) is 0 Å². The minimum atomic E-state index is -0.122. The van der Waals surface area contributed by atoms with Crippen molar-refractivity contribution in [3.8, 4) is 0 Å². The van der Waals surface area contributed by atoms with Gasteiger partial charge in [-0.05, 0) is 43.0 Å². The quantitative estimate of drug-likeness (QED) is 0.596. The smallest absolute Gasteiger partial charge is 0.191 e. The van der Waals surface area contributed by atoms with Crippen LogP contribution in [0.1, 0.15) is 24.8 Å². The summed E-state index contributed by atoms with van der Waals surface area (Å²) < 4.78 is 14.2. The van der Waals surface area contributed by atoms with Crippen molar-refractivity contribution in [2.45, 2.75) is 30.7 Å². The molecular formula is C21H25ClFN5. The normalized spacial score (nSPS) is 20.9. The summed E-state index contributed by atoms with van der Waals surface area (Å²) in [5.41, 5.74) is 0.682. The molecule has 1 saturated carbocycles. The third-order valence-corrected chi connectivity index (χ3v) is 5.98. The molecule has 1 atom stereocenters. The van der Waals surface area contributed by atoms with Gasteiger partial charge in [0.2, 0.25) is 0 Å². The van der Waals surface area contributed by atoms with Gasteiger partial charge in [-0.3, -0.25) is 4.99 Å². The van der Waals surface area contributed by atoms with Crippen LogP contribution in [0.15, 0.2) is 47.6 Å². The molecule has 2 aliphatic rings. The van der Waals surface area contributed by atoms with Gasteiger partial charge in [0.25, 0.3) is 0 Å². The first-order valence-electron chi connectivity index (χ1n) is 9.69. The van der Waals surface area contributed by atoms with Gasteiger partial charge in [0.15, 0.2) is 5.96 Å². The van der Waals surface area contributed by atoms with Crippen LogP contribution >= 0.6 is 11.6 Å². The molecule has 1 aromatic carbocycles. The molecule has 148 valence electrons. The lowest BCUT2D eigenvalue weighted by atomic mass is 9.95. The van der Waals surface area contributed by atoms with E-state index in [4.69, 9.17) is 11.6 Å². The average Bonchev–Trinajstić information content (AvgIpc) is 3.35. The number of hydrogen-bond donors (Lipinski definition) is 2. The molecule has 0 bridgehead atoms. The van der Waals surface area contributed by atoms with Crippen LogP contribution in [-0.4, -0.2) is 43.7 Å². The van der Waals surface area contributed by atoms with E-state index in [-0.39, 0.29) is 17.3 Å². The van der Waals surface area contributed by atoms with Crippen molar-refractivity contribution in [1.29, 1.82) is 0 Å². The first kappa shape index (κ1) is 19.0. The van der Waals surface area contributed by atoms with E-state index < -0.39 is 0 Å². The van der Waals surface area contributed by atoms with Crippen molar-refractivity contribution < 1.29 is 4.39 Å². The molecule has 7 heteroatoms. The Balaban J connectivity index is 1.34. The van der Waals surface area contributed by atoms with Gasteiger partial charge in [-0.1, -0.05) is 29.8 Å². The molecule has 1 aliphatic heterocycles. The maximum absolute atomic E-state index is 14.2. The molecule has 1 saturated heterocycles. The predicted molar refractivity (Wildman–Crippen MR) is 112 cm³/mol. The van der Waals surface area contributed by atoms with Crippen LogP contribution in [0.2, 0.25) is 5.02 Å². The molecule has 0 spiro atoms. The third kappa shape index (κ3) is 3.92. The monoisotopic (exact) mass is 401 g/mol. The predicted octanol–water partition coefficient (Wildman–Crippen LogP) is 3.35. The van der Waals surface area contributed by atoms with Gasteiger partial charge in [0.1, 0.15) is 11.6 Å². The third-order valence-electron chi connectivity index (χ3n) is 5.68. The Morgan fingerprint density at radius 3 is 2.86 bits per heavy atom. The van der Waals surface area contributed by atoms with E-state index >= 15 is 0 Å². The van der Waals surface area contributed by atoms with Crippen molar-refractivity contribution >= 4 is 23.4 Å². The van der Waals surface area contributed by atoms with Crippen LogP contribution < -0.4 is 15.5 Å². The van der Waals surface area contributed by atoms with Gasteiger partial charge >= 0.3 is 0 Å². The zero-order valence-electron chi connectivity index (χ0n) is 16.0. The Kier molecular flexibility index (Phi) is 5.40. The van der Waals surface area contributed by atoms with Crippen LogP contribution in [-0.2, 0) is 5.41 Å². The fourth-order valence-corrected chi connectivity index (χ4v) is 4.15. The highest BCUT2D eigenvalue weighted by atomic mass is 35.5. The van der Waals surface area contributed by atoms with Crippen molar-refractivity contribution in [2.24, 2.45) is 4.99 Å². The van der Waals surface area contributed by atoms with Crippen LogP contribution in [0.4, 0.5) is 10.2 Å². The fourth-order valence-electron chi connectivity index (χ4n) is 3.90. The summed E-state index contributed by atoms with van der Waals surface area (Å²) in [6, 6.07) is 11.0. The minimum absolute atomic E-state index is 0.119. The molecule has 2 heterocycles. The molecule has 0 radical (unpaired) electrons. The molecule has 2 fully saturated rings. The Bertz CT molecular complexity index is 867. The van der Waals surface area contributed by atoms with E-state index in [9.17, 15) is 4.39 Å². The molecule has 2 aromatic rings. The van der Waals surface area contributed by atoms with Gasteiger partial charge in [0.05, 0.1) is 5.02 Å². The number of nitrogens with one attached hydrogen (secondary N) is 2. The molecule has 2 N–H and O–H groups in total. The van der Waals surface area contributed by atoms with Gasteiger partial charge in [-0.15, -0.1) is 0 Å². The second-order valence-corrected chi connectivity index (χ2v) is 7.98. The van der Waals surface area contributed by atoms with E-state index in [0.717, 1.165) is 49.7 Å². The largest absolute Gasteiger partial charge is 0.356 e. The summed E-state index contributed by atoms with van der Waals surface area (Å²) in [5, 5.41) is 7.56. The van der Waals surface area contributed by atoms with Crippen molar-refractivity contribution in [2.75, 3.05) is 31.6 Å². The van der Waals surface area contributed by atoms with Gasteiger partial charge < -0.3 is 15.5 Å². The van der Waals surface area contributed by atoms with E-state index in [2.05, 4.69) is 25.5 Å². The molecule has 1 aliphatic carbocycles. The molecule has 1 unspecified atom stereocenters. The molecule has 4 rings (SSSR count). The zero-order chi connectivity index (χ0) is 19.6. The summed E-state index contributed by atoms with van der Waals surface area (Å²) >= 11 is 6.27. The number of aromatic nitrogens is 1. The lowest BCUT2D eigenvalue weighted by Crippen LogP contribution is -2.46. The lowest BCUT2D eigenvalue weighted by Gasteiger charge is -2.22. The summed E-state index contributed by atoms with van der Waals surface area (Å²) in [7, 11) is 1.76. The number of guanidine groups is 1. The first-order chi connectivity index (χ1) is 13.6. The number of benzene rings is 1. The summed E-state index contributed by atoms with van der Waals surface area (Å²) in [6.45, 7) is 2.39. The Labute approximate surface area is 170 Å². The number of nitrogens with zero attached hydrogens (tertiary/aromatic N) is 3. The summed E-state index contributed by atoms with van der Waals surface area (Å²) in [5.74, 6) is 1.46. The van der Waals surface area contributed by atoms with E-state index in [0.29, 0.717) is 11.6 Å². The topological polar surface area (TPSA) is 52.6 Å². The van der Waals surface area contributed by atoms with E-state index in [1.807, 2.05) is 24.3 Å². The number of rotatable bonds is 5. The molecule has 5 nitrogen and oxygen atoms in total. The van der Waals surface area contributed by atoms with Crippen LogP contribution in [0.3, 0.4) is 0 Å². The summed E-state index contributed by atoms with van der Waals surface area (Å²) in [6.07, 6.45) is 4.73. The second kappa shape index (κ2) is 7.95. The van der Waals surface area contributed by atoms with Gasteiger partial charge in [-0.2, -0.15) is 0 Å². The number of anilines is 1. The van der Waals surface area contributed by atoms with E-state index in [1.165, 1.54) is 0 Å². The number of pyridine rings is 1. The number of halogens is 2. The molecule has 0 amide bonds. The number of hydrogen-bond acceptors (Lipinski definition) is 3. The molecule has 28 heavy (non-hydrogen) atoms. The minimum Gasteiger partial charge on any atom is -0.356 e. The first-order valence-corrected chi connectivity index (χ1v) is 10.1. The van der Waals surface area contributed by atoms with Crippen LogP contribution in [0.25, 0.3) is 0 Å². The highest BCUT2D eigenvalue weighted by molar-refractivity contribution is 6.32. The highest BCUT2D eigenvalue weighted by Crippen LogP contribution is 2.48. The van der Waals surface area contributed by atoms with Gasteiger partial charge in [-0.25, -0.2) is 9.37 Å². The highest BCUT2D eigenvalue weighted by Gasteiger charge is 2.45. The van der Waals surface area contributed by atoms with Crippen molar-refractivity contribution in [1.82, 2.24) is 15.6 Å². The van der Waals surface area contributed by atoms with Crippen molar-refractivity contribution in [3.05, 3.63) is 59.0 Å². The van der Waals surface area contributed by atoms with Crippen molar-refractivity contribution in [3.63, 3.8) is 0 Å². The standard InChI is InChI=1S/C21H25ClFN5/c1-24-20(26-14-21(9-10-21)16-5-2-3-7-18(16)23)27-15-8-12-28(13-15)19-17(22)6-4-11-25-19/h2-7,11,15H,8-10,12-14H2,1H3,(H2,24,26,27). The second-order valence-electron chi connectivity index (χ2n) is 7.57. The zero-order valence-corrected chi connectivity index (χ0v) is 16.7. The van der Waals surface area contributed by atoms with Gasteiger partial charge in [0, 0.05) is 44.3 Å². The maximum Gasteiger partial charge on any atom is 0.191 e. The fraction of sp³-hybridized carbons (Fsp3) is 0.429. The molecular weight excluding hydrogens is 377 g/mol. The Morgan fingerprint density at radius 2 is 2.14 bits per heavy atom. The maximum atomic E-state index is 14.2.